The zero-order valence-electron chi connectivity index (χ0n) is 8.84. The van der Waals surface area contributed by atoms with Gasteiger partial charge >= 0.3 is 0 Å². The lowest BCUT2D eigenvalue weighted by molar-refractivity contribution is 0.481. The zero-order valence-corrected chi connectivity index (χ0v) is 8.84. The van der Waals surface area contributed by atoms with Gasteiger partial charge in [0.15, 0.2) is 0 Å². The summed E-state index contributed by atoms with van der Waals surface area (Å²) in [6.07, 6.45) is 11.6. The van der Waals surface area contributed by atoms with E-state index in [-0.39, 0.29) is 0 Å². The standard InChI is InChI=1S/C13H20/c1-10-6-3-4-8-12(10)13-9-5-7-11(13)2/h4,8,11,13H,3,5-7,9H2,1-2H3. The van der Waals surface area contributed by atoms with Gasteiger partial charge in [-0.2, -0.15) is 0 Å². The van der Waals surface area contributed by atoms with Crippen molar-refractivity contribution in [1.29, 1.82) is 0 Å². The maximum Gasteiger partial charge on any atom is -0.0137 e. The second kappa shape index (κ2) is 3.69. The van der Waals surface area contributed by atoms with E-state index >= 15 is 0 Å². The van der Waals surface area contributed by atoms with Gasteiger partial charge in [0.1, 0.15) is 0 Å². The van der Waals surface area contributed by atoms with Crippen LogP contribution in [0.1, 0.15) is 46.0 Å². The van der Waals surface area contributed by atoms with E-state index in [4.69, 9.17) is 0 Å². The van der Waals surface area contributed by atoms with E-state index in [1.807, 2.05) is 0 Å². The summed E-state index contributed by atoms with van der Waals surface area (Å²) in [5.74, 6) is 1.81. The average Bonchev–Trinajstić information content (AvgIpc) is 2.52. The van der Waals surface area contributed by atoms with Crippen molar-refractivity contribution in [1.82, 2.24) is 0 Å². The Morgan fingerprint density at radius 3 is 2.77 bits per heavy atom. The normalized spacial score (nSPS) is 34.3. The molecular formula is C13H20. The summed E-state index contributed by atoms with van der Waals surface area (Å²) in [5.41, 5.74) is 3.33. The minimum Gasteiger partial charge on any atom is -0.0839 e. The quantitative estimate of drug-likeness (QED) is 0.564. The Kier molecular flexibility index (Phi) is 2.57. The first-order valence-corrected chi connectivity index (χ1v) is 5.65. The maximum atomic E-state index is 2.42. The topological polar surface area (TPSA) is 0 Å². The first-order valence-electron chi connectivity index (χ1n) is 5.65. The van der Waals surface area contributed by atoms with E-state index < -0.39 is 0 Å². The molecule has 0 heteroatoms. The van der Waals surface area contributed by atoms with Gasteiger partial charge in [0, 0.05) is 0 Å². The summed E-state index contributed by atoms with van der Waals surface area (Å²) in [7, 11) is 0. The van der Waals surface area contributed by atoms with Gasteiger partial charge in [0.05, 0.1) is 0 Å². The smallest absolute Gasteiger partial charge is 0.0137 e. The van der Waals surface area contributed by atoms with Gasteiger partial charge in [-0.1, -0.05) is 37.5 Å². The number of hydrogen-bond acceptors (Lipinski definition) is 0. The van der Waals surface area contributed by atoms with Crippen LogP contribution < -0.4 is 0 Å². The molecule has 0 radical (unpaired) electrons. The highest BCUT2D eigenvalue weighted by atomic mass is 14.3. The van der Waals surface area contributed by atoms with Crippen LogP contribution in [0, 0.1) is 11.8 Å². The summed E-state index contributed by atoms with van der Waals surface area (Å²) in [5, 5.41) is 0. The third kappa shape index (κ3) is 1.72. The number of allylic oxidation sites excluding steroid dienone is 4. The Bertz CT molecular complexity index is 245. The Balaban J connectivity index is 2.19. The summed E-state index contributed by atoms with van der Waals surface area (Å²) >= 11 is 0. The Hall–Kier alpha value is -0.520. The monoisotopic (exact) mass is 176 g/mol. The van der Waals surface area contributed by atoms with Gasteiger partial charge in [-0.3, -0.25) is 0 Å². The van der Waals surface area contributed by atoms with Crippen LogP contribution in [0.5, 0.6) is 0 Å². The lowest BCUT2D eigenvalue weighted by Gasteiger charge is -2.22. The van der Waals surface area contributed by atoms with E-state index in [1.165, 1.54) is 32.1 Å². The summed E-state index contributed by atoms with van der Waals surface area (Å²) in [4.78, 5) is 0. The van der Waals surface area contributed by atoms with Crippen molar-refractivity contribution in [2.45, 2.75) is 46.0 Å². The Morgan fingerprint density at radius 1 is 1.31 bits per heavy atom. The molecule has 0 saturated heterocycles. The molecule has 0 heterocycles. The molecule has 0 aliphatic heterocycles. The molecule has 2 aliphatic rings. The molecule has 2 atom stereocenters. The SMILES string of the molecule is CC1=C(C2CCCC2C)C=CCC1. The van der Waals surface area contributed by atoms with Crippen molar-refractivity contribution in [3.8, 4) is 0 Å². The fourth-order valence-corrected chi connectivity index (χ4v) is 2.84. The van der Waals surface area contributed by atoms with Gasteiger partial charge in [-0.05, 0) is 43.6 Å². The fourth-order valence-electron chi connectivity index (χ4n) is 2.84. The number of hydrogen-bond donors (Lipinski definition) is 0. The van der Waals surface area contributed by atoms with Crippen LogP contribution in [-0.2, 0) is 0 Å². The van der Waals surface area contributed by atoms with Gasteiger partial charge < -0.3 is 0 Å². The molecule has 0 nitrogen and oxygen atoms in total. The molecule has 0 aromatic rings. The minimum atomic E-state index is 0.886. The van der Waals surface area contributed by atoms with Crippen molar-refractivity contribution in [3.05, 3.63) is 23.3 Å². The second-order valence-corrected chi connectivity index (χ2v) is 4.69. The third-order valence-corrected chi connectivity index (χ3v) is 3.74. The van der Waals surface area contributed by atoms with Crippen LogP contribution in [0.2, 0.25) is 0 Å². The minimum absolute atomic E-state index is 0.886. The van der Waals surface area contributed by atoms with Gasteiger partial charge in [-0.25, -0.2) is 0 Å². The van der Waals surface area contributed by atoms with Crippen LogP contribution in [0.3, 0.4) is 0 Å². The molecule has 13 heavy (non-hydrogen) atoms. The molecule has 0 aromatic carbocycles. The van der Waals surface area contributed by atoms with Gasteiger partial charge in [-0.15, -0.1) is 0 Å². The molecule has 0 N–H and O–H groups in total. The summed E-state index contributed by atoms with van der Waals surface area (Å²) in [6.45, 7) is 4.74. The van der Waals surface area contributed by atoms with Crippen molar-refractivity contribution in [2.24, 2.45) is 11.8 Å². The van der Waals surface area contributed by atoms with Crippen molar-refractivity contribution < 1.29 is 0 Å². The molecule has 1 saturated carbocycles. The number of rotatable bonds is 1. The second-order valence-electron chi connectivity index (χ2n) is 4.69. The van der Waals surface area contributed by atoms with Crippen LogP contribution in [0.15, 0.2) is 23.3 Å². The highest BCUT2D eigenvalue weighted by Gasteiger charge is 2.26. The fraction of sp³-hybridized carbons (Fsp3) is 0.692. The maximum absolute atomic E-state index is 2.42. The van der Waals surface area contributed by atoms with E-state index in [1.54, 1.807) is 11.1 Å². The van der Waals surface area contributed by atoms with E-state index in [2.05, 4.69) is 26.0 Å². The molecule has 1 fully saturated rings. The molecule has 0 amide bonds. The highest BCUT2D eigenvalue weighted by molar-refractivity contribution is 5.31. The van der Waals surface area contributed by atoms with Crippen molar-refractivity contribution >= 4 is 0 Å². The van der Waals surface area contributed by atoms with Gasteiger partial charge in [0.2, 0.25) is 0 Å². The molecule has 2 rings (SSSR count). The highest BCUT2D eigenvalue weighted by Crippen LogP contribution is 2.39. The molecule has 72 valence electrons. The average molecular weight is 176 g/mol. The van der Waals surface area contributed by atoms with Crippen LogP contribution in [0.25, 0.3) is 0 Å². The predicted molar refractivity (Wildman–Crippen MR) is 57.6 cm³/mol. The third-order valence-electron chi connectivity index (χ3n) is 3.74. The predicted octanol–water partition coefficient (Wildman–Crippen LogP) is 4.09. The van der Waals surface area contributed by atoms with E-state index in [0.29, 0.717) is 0 Å². The molecule has 0 spiro atoms. The molecule has 2 unspecified atom stereocenters. The van der Waals surface area contributed by atoms with Gasteiger partial charge in [0.25, 0.3) is 0 Å². The molecule has 2 aliphatic carbocycles. The lowest BCUT2D eigenvalue weighted by Crippen LogP contribution is -2.09. The summed E-state index contributed by atoms with van der Waals surface area (Å²) < 4.78 is 0. The van der Waals surface area contributed by atoms with Crippen molar-refractivity contribution in [3.63, 3.8) is 0 Å². The van der Waals surface area contributed by atoms with E-state index in [9.17, 15) is 0 Å². The van der Waals surface area contributed by atoms with Crippen LogP contribution >= 0.6 is 0 Å². The van der Waals surface area contributed by atoms with Crippen LogP contribution in [0.4, 0.5) is 0 Å². The Morgan fingerprint density at radius 2 is 2.15 bits per heavy atom. The molecule has 0 bridgehead atoms. The zero-order chi connectivity index (χ0) is 9.26. The van der Waals surface area contributed by atoms with E-state index in [0.717, 1.165) is 11.8 Å². The first kappa shape index (κ1) is 9.05. The lowest BCUT2D eigenvalue weighted by atomic mass is 9.84. The largest absolute Gasteiger partial charge is 0.0839 e. The Labute approximate surface area is 81.7 Å². The molecular weight excluding hydrogens is 156 g/mol. The van der Waals surface area contributed by atoms with Crippen molar-refractivity contribution in [2.75, 3.05) is 0 Å². The van der Waals surface area contributed by atoms with Crippen LogP contribution in [-0.4, -0.2) is 0 Å². The first-order chi connectivity index (χ1) is 6.29. The molecule has 0 aromatic heterocycles. The summed E-state index contributed by atoms with van der Waals surface area (Å²) in [6, 6.07) is 0.